The van der Waals surface area contributed by atoms with E-state index in [1.165, 1.54) is 11.5 Å². The summed E-state index contributed by atoms with van der Waals surface area (Å²) < 4.78 is 1.73. The normalized spacial score (nSPS) is 20.3. The standard InChI is InChI=1S/C13H21N3OS2/c1-13(2,3)16-5-4-14-11(12(16)17)15-8-10-9-18-6-7-19-10/h4-5,10H,6-9H2,1-3H3,(H,14,15). The van der Waals surface area contributed by atoms with Gasteiger partial charge in [0.2, 0.25) is 0 Å². The molecule has 0 amide bonds. The van der Waals surface area contributed by atoms with Gasteiger partial charge in [-0.15, -0.1) is 0 Å². The van der Waals surface area contributed by atoms with Gasteiger partial charge < -0.3 is 9.88 Å². The maximum absolute atomic E-state index is 12.3. The molecule has 19 heavy (non-hydrogen) atoms. The Balaban J connectivity index is 2.06. The van der Waals surface area contributed by atoms with E-state index in [0.29, 0.717) is 11.1 Å². The number of hydrogen-bond donors (Lipinski definition) is 1. The van der Waals surface area contributed by atoms with Crippen LogP contribution in [0.5, 0.6) is 0 Å². The molecule has 1 unspecified atom stereocenters. The molecule has 1 atom stereocenters. The molecule has 0 aromatic carbocycles. The number of nitrogens with zero attached hydrogens (tertiary/aromatic N) is 2. The van der Waals surface area contributed by atoms with Gasteiger partial charge in [-0.1, -0.05) is 0 Å². The molecule has 2 heterocycles. The Bertz CT molecular complexity index is 476. The van der Waals surface area contributed by atoms with E-state index in [1.54, 1.807) is 17.0 Å². The molecular weight excluding hydrogens is 278 g/mol. The lowest BCUT2D eigenvalue weighted by Crippen LogP contribution is -2.36. The Morgan fingerprint density at radius 2 is 2.26 bits per heavy atom. The molecular formula is C13H21N3OS2. The van der Waals surface area contributed by atoms with Crippen molar-refractivity contribution >= 4 is 29.3 Å². The van der Waals surface area contributed by atoms with E-state index in [-0.39, 0.29) is 11.1 Å². The highest BCUT2D eigenvalue weighted by Crippen LogP contribution is 2.23. The van der Waals surface area contributed by atoms with Crippen molar-refractivity contribution in [2.75, 3.05) is 29.1 Å². The Morgan fingerprint density at radius 1 is 1.47 bits per heavy atom. The Hall–Kier alpha value is -0.620. The van der Waals surface area contributed by atoms with Gasteiger partial charge in [-0.2, -0.15) is 23.5 Å². The predicted molar refractivity (Wildman–Crippen MR) is 85.6 cm³/mol. The number of aromatic nitrogens is 2. The van der Waals surface area contributed by atoms with Crippen molar-refractivity contribution in [2.24, 2.45) is 0 Å². The first-order valence-corrected chi connectivity index (χ1v) is 8.70. The minimum Gasteiger partial charge on any atom is -0.364 e. The fourth-order valence-corrected chi connectivity index (χ4v) is 4.54. The average molecular weight is 299 g/mol. The van der Waals surface area contributed by atoms with Crippen molar-refractivity contribution in [2.45, 2.75) is 31.6 Å². The van der Waals surface area contributed by atoms with Gasteiger partial charge in [0, 0.05) is 47.0 Å². The van der Waals surface area contributed by atoms with Crippen LogP contribution in [0.4, 0.5) is 5.82 Å². The molecule has 106 valence electrons. The first-order chi connectivity index (χ1) is 8.98. The van der Waals surface area contributed by atoms with Crippen LogP contribution >= 0.6 is 23.5 Å². The van der Waals surface area contributed by atoms with Gasteiger partial charge in [-0.3, -0.25) is 4.79 Å². The number of anilines is 1. The fraction of sp³-hybridized carbons (Fsp3) is 0.692. The summed E-state index contributed by atoms with van der Waals surface area (Å²) >= 11 is 3.96. The predicted octanol–water partition coefficient (Wildman–Crippen LogP) is 2.26. The molecule has 0 spiro atoms. The van der Waals surface area contributed by atoms with Crippen molar-refractivity contribution in [3.63, 3.8) is 0 Å². The highest BCUT2D eigenvalue weighted by atomic mass is 32.2. The summed E-state index contributed by atoms with van der Waals surface area (Å²) in [4.78, 5) is 16.5. The number of thioether (sulfide) groups is 2. The molecule has 1 aliphatic rings. The topological polar surface area (TPSA) is 46.9 Å². The van der Waals surface area contributed by atoms with E-state index in [9.17, 15) is 4.79 Å². The summed E-state index contributed by atoms with van der Waals surface area (Å²) in [6.45, 7) is 6.87. The second-order valence-electron chi connectivity index (χ2n) is 5.57. The lowest BCUT2D eigenvalue weighted by molar-refractivity contribution is 0.383. The summed E-state index contributed by atoms with van der Waals surface area (Å²) in [5.41, 5.74) is -0.255. The van der Waals surface area contributed by atoms with Crippen LogP contribution in [0.3, 0.4) is 0 Å². The third-order valence-corrected chi connectivity index (χ3v) is 5.79. The Morgan fingerprint density at radius 3 is 2.89 bits per heavy atom. The SMILES string of the molecule is CC(C)(C)n1ccnc(NCC2CSCCS2)c1=O. The lowest BCUT2D eigenvalue weighted by atomic mass is 10.1. The zero-order chi connectivity index (χ0) is 13.9. The monoisotopic (exact) mass is 299 g/mol. The smallest absolute Gasteiger partial charge is 0.293 e. The quantitative estimate of drug-likeness (QED) is 0.927. The van der Waals surface area contributed by atoms with E-state index in [2.05, 4.69) is 10.3 Å². The molecule has 0 bridgehead atoms. The van der Waals surface area contributed by atoms with Crippen molar-refractivity contribution < 1.29 is 0 Å². The first kappa shape index (κ1) is 14.8. The maximum Gasteiger partial charge on any atom is 0.293 e. The van der Waals surface area contributed by atoms with Crippen molar-refractivity contribution in [3.8, 4) is 0 Å². The summed E-state index contributed by atoms with van der Waals surface area (Å²) in [7, 11) is 0. The van der Waals surface area contributed by atoms with E-state index >= 15 is 0 Å². The van der Waals surface area contributed by atoms with E-state index in [0.717, 1.165) is 12.3 Å². The number of nitrogens with one attached hydrogen (secondary N) is 1. The third-order valence-electron chi connectivity index (χ3n) is 2.95. The maximum atomic E-state index is 12.3. The van der Waals surface area contributed by atoms with Crippen LogP contribution in [0.15, 0.2) is 17.2 Å². The van der Waals surface area contributed by atoms with Crippen LogP contribution in [-0.4, -0.2) is 38.6 Å². The van der Waals surface area contributed by atoms with Crippen molar-refractivity contribution in [1.82, 2.24) is 9.55 Å². The zero-order valence-electron chi connectivity index (χ0n) is 11.7. The van der Waals surface area contributed by atoms with Crippen LogP contribution in [-0.2, 0) is 5.54 Å². The molecule has 1 aliphatic heterocycles. The van der Waals surface area contributed by atoms with Crippen LogP contribution in [0.1, 0.15) is 20.8 Å². The minimum absolute atomic E-state index is 0.0385. The molecule has 0 aliphatic carbocycles. The highest BCUT2D eigenvalue weighted by molar-refractivity contribution is 8.06. The minimum atomic E-state index is -0.216. The van der Waals surface area contributed by atoms with Crippen LogP contribution in [0.2, 0.25) is 0 Å². The van der Waals surface area contributed by atoms with Crippen LogP contribution in [0.25, 0.3) is 0 Å². The van der Waals surface area contributed by atoms with Crippen LogP contribution < -0.4 is 10.9 Å². The molecule has 2 rings (SSSR count). The molecule has 4 nitrogen and oxygen atoms in total. The average Bonchev–Trinajstić information content (AvgIpc) is 2.37. The van der Waals surface area contributed by atoms with Gasteiger partial charge >= 0.3 is 0 Å². The Labute approximate surface area is 122 Å². The first-order valence-electron chi connectivity index (χ1n) is 6.50. The zero-order valence-corrected chi connectivity index (χ0v) is 13.3. The highest BCUT2D eigenvalue weighted by Gasteiger charge is 2.18. The Kier molecular flexibility index (Phi) is 4.84. The molecule has 1 N–H and O–H groups in total. The third kappa shape index (κ3) is 3.92. The summed E-state index contributed by atoms with van der Waals surface area (Å²) in [5.74, 6) is 4.05. The molecule has 1 saturated heterocycles. The lowest BCUT2D eigenvalue weighted by Gasteiger charge is -2.24. The molecule has 1 aromatic rings. The van der Waals surface area contributed by atoms with E-state index in [4.69, 9.17) is 0 Å². The second-order valence-corrected chi connectivity index (χ2v) is 8.13. The van der Waals surface area contributed by atoms with Crippen molar-refractivity contribution in [3.05, 3.63) is 22.7 Å². The molecule has 0 radical (unpaired) electrons. The molecule has 1 aromatic heterocycles. The number of rotatable bonds is 3. The van der Waals surface area contributed by atoms with Gasteiger partial charge in [0.15, 0.2) is 5.82 Å². The second kappa shape index (κ2) is 6.22. The summed E-state index contributed by atoms with van der Waals surface area (Å²) in [6, 6.07) is 0. The van der Waals surface area contributed by atoms with E-state index in [1.807, 2.05) is 44.3 Å². The van der Waals surface area contributed by atoms with Gasteiger partial charge in [0.05, 0.1) is 0 Å². The fourth-order valence-electron chi connectivity index (χ4n) is 1.93. The van der Waals surface area contributed by atoms with Gasteiger partial charge in [0.25, 0.3) is 5.56 Å². The molecule has 1 fully saturated rings. The number of hydrogen-bond acceptors (Lipinski definition) is 5. The largest absolute Gasteiger partial charge is 0.364 e. The molecule has 0 saturated carbocycles. The molecule has 6 heteroatoms. The van der Waals surface area contributed by atoms with Gasteiger partial charge in [0.1, 0.15) is 0 Å². The van der Waals surface area contributed by atoms with E-state index < -0.39 is 0 Å². The van der Waals surface area contributed by atoms with Gasteiger partial charge in [-0.05, 0) is 20.8 Å². The van der Waals surface area contributed by atoms with Crippen LogP contribution in [0, 0.1) is 0 Å². The summed E-state index contributed by atoms with van der Waals surface area (Å²) in [6.07, 6.45) is 3.44. The van der Waals surface area contributed by atoms with Crippen molar-refractivity contribution in [1.29, 1.82) is 0 Å². The van der Waals surface area contributed by atoms with Gasteiger partial charge in [-0.25, -0.2) is 4.98 Å². The summed E-state index contributed by atoms with van der Waals surface area (Å²) in [5, 5.41) is 3.79.